The highest BCUT2D eigenvalue weighted by atomic mass is 35.5. The predicted octanol–water partition coefficient (Wildman–Crippen LogP) is 3.76. The summed E-state index contributed by atoms with van der Waals surface area (Å²) in [7, 11) is 1.40. The molecule has 0 aliphatic rings. The Morgan fingerprint density at radius 1 is 1.00 bits per heavy atom. The minimum absolute atomic E-state index is 0.0891. The molecule has 0 aliphatic carbocycles. The van der Waals surface area contributed by atoms with Crippen molar-refractivity contribution >= 4 is 52.4 Å². The molecule has 0 bridgehead atoms. The van der Waals surface area contributed by atoms with Crippen molar-refractivity contribution in [2.75, 3.05) is 24.4 Å². The van der Waals surface area contributed by atoms with Gasteiger partial charge in [0.15, 0.2) is 12.4 Å². The molecule has 0 radical (unpaired) electrons. The highest BCUT2D eigenvalue weighted by Gasteiger charge is 2.16. The third-order valence-electron chi connectivity index (χ3n) is 3.24. The molecule has 142 valence electrons. The number of esters is 1. The fourth-order valence-electron chi connectivity index (χ4n) is 2.16. The van der Waals surface area contributed by atoms with E-state index in [0.29, 0.717) is 11.4 Å². The monoisotopic (exact) mass is 410 g/mol. The van der Waals surface area contributed by atoms with Gasteiger partial charge in [0.05, 0.1) is 22.7 Å². The molecule has 7 nitrogen and oxygen atoms in total. The van der Waals surface area contributed by atoms with Gasteiger partial charge in [-0.1, -0.05) is 29.3 Å². The average molecular weight is 411 g/mol. The molecule has 2 N–H and O–H groups in total. The normalized spacial score (nSPS) is 10.1. The maximum atomic E-state index is 12.1. The molecule has 0 heterocycles. The number of carbonyl (C=O) groups is 3. The van der Waals surface area contributed by atoms with Gasteiger partial charge in [0, 0.05) is 18.3 Å². The van der Waals surface area contributed by atoms with Gasteiger partial charge in [-0.15, -0.1) is 0 Å². The van der Waals surface area contributed by atoms with Crippen LogP contribution in [0.1, 0.15) is 17.3 Å². The van der Waals surface area contributed by atoms with Gasteiger partial charge in [-0.3, -0.25) is 9.59 Å². The van der Waals surface area contributed by atoms with Crippen molar-refractivity contribution in [3.8, 4) is 5.75 Å². The summed E-state index contributed by atoms with van der Waals surface area (Å²) in [6, 6.07) is 9.22. The molecule has 0 aromatic heterocycles. The van der Waals surface area contributed by atoms with Gasteiger partial charge in [-0.2, -0.15) is 0 Å². The maximum absolute atomic E-state index is 12.1. The quantitative estimate of drug-likeness (QED) is 0.707. The fraction of sp³-hybridized carbons (Fsp3) is 0.167. The van der Waals surface area contributed by atoms with Crippen LogP contribution in [0.2, 0.25) is 10.0 Å². The molecule has 0 saturated heterocycles. The molecule has 2 aromatic carbocycles. The lowest BCUT2D eigenvalue weighted by molar-refractivity contribution is -0.119. The van der Waals surface area contributed by atoms with Crippen LogP contribution in [0.4, 0.5) is 11.4 Å². The van der Waals surface area contributed by atoms with Crippen molar-refractivity contribution in [1.82, 2.24) is 0 Å². The number of methoxy groups -OCH3 is 1. The van der Waals surface area contributed by atoms with E-state index >= 15 is 0 Å². The zero-order valence-electron chi connectivity index (χ0n) is 14.5. The van der Waals surface area contributed by atoms with E-state index in [1.807, 2.05) is 0 Å². The first-order valence-corrected chi connectivity index (χ1v) is 8.43. The van der Waals surface area contributed by atoms with E-state index in [-0.39, 0.29) is 27.3 Å². The van der Waals surface area contributed by atoms with Crippen molar-refractivity contribution in [1.29, 1.82) is 0 Å². The second kappa shape index (κ2) is 9.25. The van der Waals surface area contributed by atoms with E-state index in [9.17, 15) is 14.4 Å². The van der Waals surface area contributed by atoms with Crippen molar-refractivity contribution < 1.29 is 23.9 Å². The molecule has 2 amide bonds. The Bertz CT molecular complexity index is 863. The Hall–Kier alpha value is -2.77. The van der Waals surface area contributed by atoms with Crippen LogP contribution < -0.4 is 15.4 Å². The van der Waals surface area contributed by atoms with E-state index in [1.165, 1.54) is 26.2 Å². The standard InChI is InChI=1S/C18H16Cl2N2O5/c1-10(23)21-12-4-3-5-13(8-12)22-16(24)9-27-18(25)11-6-14(19)17(26-2)15(20)7-11/h3-8H,9H2,1-2H3,(H,21,23)(H,22,24). The van der Waals surface area contributed by atoms with Crippen LogP contribution in [0.3, 0.4) is 0 Å². The Morgan fingerprint density at radius 3 is 2.15 bits per heavy atom. The first kappa shape index (κ1) is 20.5. The van der Waals surface area contributed by atoms with Gasteiger partial charge >= 0.3 is 5.97 Å². The summed E-state index contributed by atoms with van der Waals surface area (Å²) in [4.78, 5) is 35.1. The number of benzene rings is 2. The molecule has 0 unspecified atom stereocenters. The van der Waals surface area contributed by atoms with Crippen molar-refractivity contribution in [3.63, 3.8) is 0 Å². The lowest BCUT2D eigenvalue weighted by Crippen LogP contribution is -2.21. The lowest BCUT2D eigenvalue weighted by Gasteiger charge is -2.10. The first-order chi connectivity index (χ1) is 12.8. The predicted molar refractivity (Wildman–Crippen MR) is 103 cm³/mol. The van der Waals surface area contributed by atoms with Crippen LogP contribution in [0.5, 0.6) is 5.75 Å². The van der Waals surface area contributed by atoms with Crippen molar-refractivity contribution in [2.24, 2.45) is 0 Å². The largest absolute Gasteiger partial charge is 0.494 e. The van der Waals surface area contributed by atoms with E-state index in [1.54, 1.807) is 24.3 Å². The van der Waals surface area contributed by atoms with E-state index in [2.05, 4.69) is 10.6 Å². The number of halogens is 2. The SMILES string of the molecule is COc1c(Cl)cc(C(=O)OCC(=O)Nc2cccc(NC(C)=O)c2)cc1Cl. The molecule has 0 atom stereocenters. The average Bonchev–Trinajstić information content (AvgIpc) is 2.59. The first-order valence-electron chi connectivity index (χ1n) is 7.68. The number of ether oxygens (including phenoxy) is 2. The van der Waals surface area contributed by atoms with E-state index in [4.69, 9.17) is 32.7 Å². The third kappa shape index (κ3) is 5.87. The second-order valence-corrected chi connectivity index (χ2v) is 6.17. The van der Waals surface area contributed by atoms with E-state index < -0.39 is 18.5 Å². The Morgan fingerprint density at radius 2 is 1.59 bits per heavy atom. The molecular formula is C18H16Cl2N2O5. The minimum Gasteiger partial charge on any atom is -0.494 e. The summed E-state index contributed by atoms with van der Waals surface area (Å²) < 4.78 is 9.96. The summed E-state index contributed by atoms with van der Waals surface area (Å²) in [6.45, 7) is 0.868. The van der Waals surface area contributed by atoms with Gasteiger partial charge in [0.1, 0.15) is 0 Å². The summed E-state index contributed by atoms with van der Waals surface area (Å²) in [5, 5.41) is 5.46. The van der Waals surface area contributed by atoms with Gasteiger partial charge in [-0.25, -0.2) is 4.79 Å². The van der Waals surface area contributed by atoms with Crippen LogP contribution in [-0.2, 0) is 14.3 Å². The molecule has 0 aliphatic heterocycles. The number of hydrogen-bond acceptors (Lipinski definition) is 5. The van der Waals surface area contributed by atoms with Crippen LogP contribution in [0.25, 0.3) is 0 Å². The maximum Gasteiger partial charge on any atom is 0.338 e. The topological polar surface area (TPSA) is 93.7 Å². The highest BCUT2D eigenvalue weighted by Crippen LogP contribution is 2.33. The number of nitrogens with one attached hydrogen (secondary N) is 2. The zero-order chi connectivity index (χ0) is 20.0. The summed E-state index contributed by atoms with van der Waals surface area (Å²) >= 11 is 11.9. The van der Waals surface area contributed by atoms with Crippen molar-refractivity contribution in [2.45, 2.75) is 6.92 Å². The smallest absolute Gasteiger partial charge is 0.338 e. The number of hydrogen-bond donors (Lipinski definition) is 2. The van der Waals surface area contributed by atoms with Gasteiger partial charge in [0.25, 0.3) is 5.91 Å². The summed E-state index contributed by atoms with van der Waals surface area (Å²) in [6.07, 6.45) is 0. The molecule has 0 saturated carbocycles. The van der Waals surface area contributed by atoms with Crippen LogP contribution in [-0.4, -0.2) is 31.5 Å². The Labute approximate surface area is 165 Å². The molecule has 2 aromatic rings. The van der Waals surface area contributed by atoms with Gasteiger partial charge in [0.2, 0.25) is 5.91 Å². The lowest BCUT2D eigenvalue weighted by atomic mass is 10.2. The molecule has 0 spiro atoms. The van der Waals surface area contributed by atoms with Crippen LogP contribution in [0.15, 0.2) is 36.4 Å². The van der Waals surface area contributed by atoms with Crippen molar-refractivity contribution in [3.05, 3.63) is 52.0 Å². The van der Waals surface area contributed by atoms with E-state index in [0.717, 1.165) is 0 Å². The Balaban J connectivity index is 1.95. The second-order valence-electron chi connectivity index (χ2n) is 5.36. The van der Waals surface area contributed by atoms with Crippen LogP contribution >= 0.6 is 23.2 Å². The number of carbonyl (C=O) groups excluding carboxylic acids is 3. The molecular weight excluding hydrogens is 395 g/mol. The molecule has 9 heteroatoms. The zero-order valence-corrected chi connectivity index (χ0v) is 16.0. The van der Waals surface area contributed by atoms with Crippen LogP contribution in [0, 0.1) is 0 Å². The molecule has 2 rings (SSSR count). The summed E-state index contributed by atoms with van der Waals surface area (Å²) in [5.74, 6) is -1.30. The summed E-state index contributed by atoms with van der Waals surface area (Å²) in [5.41, 5.74) is 1.06. The third-order valence-corrected chi connectivity index (χ3v) is 3.80. The number of rotatable bonds is 6. The molecule has 27 heavy (non-hydrogen) atoms. The molecule has 0 fully saturated rings. The van der Waals surface area contributed by atoms with Gasteiger partial charge < -0.3 is 20.1 Å². The number of amides is 2. The Kier molecular flexibility index (Phi) is 7.04. The van der Waals surface area contributed by atoms with Gasteiger partial charge in [-0.05, 0) is 30.3 Å². The number of anilines is 2. The minimum atomic E-state index is -0.761. The fourth-order valence-corrected chi connectivity index (χ4v) is 2.80. The highest BCUT2D eigenvalue weighted by molar-refractivity contribution is 6.37.